The van der Waals surface area contributed by atoms with Crippen molar-refractivity contribution in [3.8, 4) is 11.5 Å². The number of ether oxygens (including phenoxy) is 2. The van der Waals surface area contributed by atoms with E-state index < -0.39 is 17.7 Å². The van der Waals surface area contributed by atoms with Crippen LogP contribution in [0.15, 0.2) is 103 Å². The van der Waals surface area contributed by atoms with Gasteiger partial charge in [0.15, 0.2) is 0 Å². The largest absolute Gasteiger partial charge is 0.507 e. The van der Waals surface area contributed by atoms with Gasteiger partial charge < -0.3 is 14.6 Å². The van der Waals surface area contributed by atoms with Crippen molar-refractivity contribution in [1.29, 1.82) is 0 Å². The smallest absolute Gasteiger partial charge is 0.300 e. The van der Waals surface area contributed by atoms with E-state index in [1.54, 1.807) is 61.7 Å². The lowest BCUT2D eigenvalue weighted by atomic mass is 9.94. The second kappa shape index (κ2) is 10.9. The molecule has 6 nitrogen and oxygen atoms in total. The highest BCUT2D eigenvalue weighted by atomic mass is 16.5. The number of rotatable bonds is 7. The fraction of sp³-hybridized carbons (Fsp3) is 0.152. The van der Waals surface area contributed by atoms with Crippen LogP contribution in [0.2, 0.25) is 0 Å². The van der Waals surface area contributed by atoms with E-state index in [2.05, 4.69) is 0 Å². The third-order valence-electron chi connectivity index (χ3n) is 6.87. The van der Waals surface area contributed by atoms with Crippen molar-refractivity contribution in [2.45, 2.75) is 26.5 Å². The zero-order valence-corrected chi connectivity index (χ0v) is 22.0. The molecule has 1 unspecified atom stereocenters. The molecule has 6 heteroatoms. The number of amides is 1. The van der Waals surface area contributed by atoms with Gasteiger partial charge in [-0.15, -0.1) is 0 Å². The lowest BCUT2D eigenvalue weighted by Crippen LogP contribution is -2.29. The highest BCUT2D eigenvalue weighted by Gasteiger charge is 2.47. The first-order valence-electron chi connectivity index (χ1n) is 12.7. The van der Waals surface area contributed by atoms with Gasteiger partial charge in [0.25, 0.3) is 11.7 Å². The lowest BCUT2D eigenvalue weighted by molar-refractivity contribution is -0.132. The molecule has 0 bridgehead atoms. The van der Waals surface area contributed by atoms with Crippen molar-refractivity contribution < 1.29 is 24.2 Å². The summed E-state index contributed by atoms with van der Waals surface area (Å²) in [5.74, 6) is -0.354. The molecule has 1 amide bonds. The van der Waals surface area contributed by atoms with Gasteiger partial charge in [-0.05, 0) is 73.0 Å². The molecular formula is C33H29NO5. The van der Waals surface area contributed by atoms with E-state index in [0.717, 1.165) is 16.7 Å². The molecule has 1 fully saturated rings. The predicted octanol–water partition coefficient (Wildman–Crippen LogP) is 6.52. The van der Waals surface area contributed by atoms with Crippen LogP contribution in [0.3, 0.4) is 0 Å². The maximum Gasteiger partial charge on any atom is 0.300 e. The first-order valence-corrected chi connectivity index (χ1v) is 12.7. The quantitative estimate of drug-likeness (QED) is 0.171. The molecule has 1 N–H and O–H groups in total. The third-order valence-corrected chi connectivity index (χ3v) is 6.87. The zero-order chi connectivity index (χ0) is 27.5. The number of hydrogen-bond acceptors (Lipinski definition) is 5. The number of anilines is 1. The highest BCUT2D eigenvalue weighted by Crippen LogP contribution is 2.42. The monoisotopic (exact) mass is 519 g/mol. The minimum atomic E-state index is -0.812. The van der Waals surface area contributed by atoms with E-state index in [1.165, 1.54) is 4.90 Å². The number of Topliss-reactive ketones (excluding diaryl/α,β-unsaturated/α-hetero) is 1. The van der Waals surface area contributed by atoms with Crippen molar-refractivity contribution in [3.05, 3.63) is 130 Å². The molecule has 1 heterocycles. The molecule has 1 aliphatic rings. The molecule has 196 valence electrons. The molecule has 1 atom stereocenters. The highest BCUT2D eigenvalue weighted by molar-refractivity contribution is 6.51. The molecule has 5 rings (SSSR count). The molecule has 39 heavy (non-hydrogen) atoms. The number of carbonyl (C=O) groups excluding carboxylic acids is 2. The average Bonchev–Trinajstić information content (AvgIpc) is 3.23. The van der Waals surface area contributed by atoms with Crippen molar-refractivity contribution in [1.82, 2.24) is 0 Å². The van der Waals surface area contributed by atoms with Gasteiger partial charge in [0.2, 0.25) is 0 Å². The molecule has 0 radical (unpaired) electrons. The summed E-state index contributed by atoms with van der Waals surface area (Å²) in [5, 5.41) is 11.5. The first kappa shape index (κ1) is 25.8. The van der Waals surface area contributed by atoms with Crippen molar-refractivity contribution in [2.24, 2.45) is 0 Å². The van der Waals surface area contributed by atoms with E-state index in [4.69, 9.17) is 9.47 Å². The molecule has 0 aromatic heterocycles. The Kier molecular flexibility index (Phi) is 7.19. The van der Waals surface area contributed by atoms with Crippen molar-refractivity contribution >= 4 is 23.1 Å². The summed E-state index contributed by atoms with van der Waals surface area (Å²) in [7, 11) is 1.57. The van der Waals surface area contributed by atoms with E-state index >= 15 is 0 Å². The fourth-order valence-corrected chi connectivity index (χ4v) is 4.76. The number of ketones is 1. The molecule has 0 spiro atoms. The Morgan fingerprint density at radius 2 is 1.56 bits per heavy atom. The van der Waals surface area contributed by atoms with Gasteiger partial charge in [0, 0.05) is 11.3 Å². The number of nitrogens with zero attached hydrogens (tertiary/aromatic N) is 1. The minimum absolute atomic E-state index is 0.0306. The molecule has 4 aromatic rings. The molecular weight excluding hydrogens is 490 g/mol. The van der Waals surface area contributed by atoms with E-state index in [0.29, 0.717) is 34.9 Å². The molecule has 4 aromatic carbocycles. The second-order valence-electron chi connectivity index (χ2n) is 9.53. The Bertz CT molecular complexity index is 1540. The molecule has 0 saturated carbocycles. The normalized spacial score (nSPS) is 16.4. The van der Waals surface area contributed by atoms with Crippen LogP contribution in [0.5, 0.6) is 11.5 Å². The zero-order valence-electron chi connectivity index (χ0n) is 22.0. The third kappa shape index (κ3) is 5.14. The Morgan fingerprint density at radius 1 is 0.872 bits per heavy atom. The average molecular weight is 520 g/mol. The van der Waals surface area contributed by atoms with Crippen LogP contribution in [0.1, 0.15) is 33.9 Å². The number of hydrogen-bond donors (Lipinski definition) is 1. The van der Waals surface area contributed by atoms with Crippen LogP contribution in [-0.2, 0) is 16.2 Å². The first-order chi connectivity index (χ1) is 18.9. The Morgan fingerprint density at radius 3 is 2.21 bits per heavy atom. The number of carbonyl (C=O) groups is 2. The minimum Gasteiger partial charge on any atom is -0.507 e. The van der Waals surface area contributed by atoms with Gasteiger partial charge >= 0.3 is 0 Å². The Balaban J connectivity index is 1.55. The number of aliphatic hydroxyl groups is 1. The van der Waals surface area contributed by atoms with E-state index in [9.17, 15) is 14.7 Å². The predicted molar refractivity (Wildman–Crippen MR) is 151 cm³/mol. The summed E-state index contributed by atoms with van der Waals surface area (Å²) < 4.78 is 11.3. The van der Waals surface area contributed by atoms with Gasteiger partial charge in [-0.25, -0.2) is 0 Å². The van der Waals surface area contributed by atoms with Crippen LogP contribution in [0.25, 0.3) is 5.76 Å². The molecule has 0 aliphatic carbocycles. The van der Waals surface area contributed by atoms with Crippen molar-refractivity contribution in [2.75, 3.05) is 12.0 Å². The van der Waals surface area contributed by atoms with Crippen LogP contribution in [0.4, 0.5) is 5.69 Å². The molecule has 1 aliphatic heterocycles. The number of aryl methyl sites for hydroxylation is 2. The second-order valence-corrected chi connectivity index (χ2v) is 9.53. The molecule has 1 saturated heterocycles. The maximum atomic E-state index is 13.4. The van der Waals surface area contributed by atoms with Gasteiger partial charge in [0.05, 0.1) is 18.7 Å². The summed E-state index contributed by atoms with van der Waals surface area (Å²) in [6.45, 7) is 4.24. The van der Waals surface area contributed by atoms with Gasteiger partial charge in [0.1, 0.15) is 23.9 Å². The van der Waals surface area contributed by atoms with Gasteiger partial charge in [-0.1, -0.05) is 60.2 Å². The summed E-state index contributed by atoms with van der Waals surface area (Å²) in [6.07, 6.45) is 0. The summed E-state index contributed by atoms with van der Waals surface area (Å²) in [4.78, 5) is 28.2. The maximum absolute atomic E-state index is 13.4. The number of methoxy groups -OCH3 is 1. The van der Waals surface area contributed by atoms with Crippen LogP contribution >= 0.6 is 0 Å². The topological polar surface area (TPSA) is 76.1 Å². The number of benzene rings is 4. The summed E-state index contributed by atoms with van der Waals surface area (Å²) in [6, 6.07) is 28.8. The van der Waals surface area contributed by atoms with Gasteiger partial charge in [-0.3, -0.25) is 14.5 Å². The van der Waals surface area contributed by atoms with Crippen LogP contribution < -0.4 is 14.4 Å². The fourth-order valence-electron chi connectivity index (χ4n) is 4.76. The lowest BCUT2D eigenvalue weighted by Gasteiger charge is -2.25. The standard InChI is InChI=1S/C33H29NO5/c1-21-9-14-26(15-10-21)34-30(24-11-16-27(38-3)17-12-24)29(32(36)33(34)37)31(35)25-13-18-28(22(2)19-25)39-20-23-7-5-4-6-8-23/h4-19,30,35H,20H2,1-3H3/b31-29-. The van der Waals surface area contributed by atoms with Crippen LogP contribution in [-0.4, -0.2) is 23.9 Å². The SMILES string of the molecule is COc1ccc(C2/C(=C(/O)c3ccc(OCc4ccccc4)c(C)c3)C(=O)C(=O)N2c2ccc(C)cc2)cc1. The summed E-state index contributed by atoms with van der Waals surface area (Å²) >= 11 is 0. The number of aliphatic hydroxyl groups excluding tert-OH is 1. The van der Waals surface area contributed by atoms with Crippen molar-refractivity contribution in [3.63, 3.8) is 0 Å². The Hall–Kier alpha value is -4.84. The summed E-state index contributed by atoms with van der Waals surface area (Å²) in [5.41, 5.74) is 4.58. The van der Waals surface area contributed by atoms with E-state index in [1.807, 2.05) is 56.3 Å². The van der Waals surface area contributed by atoms with Gasteiger partial charge in [-0.2, -0.15) is 0 Å². The van der Waals surface area contributed by atoms with Crippen LogP contribution in [0, 0.1) is 13.8 Å². The Labute approximate surface area is 227 Å². The van der Waals surface area contributed by atoms with E-state index in [-0.39, 0.29) is 11.3 Å².